The number of benzene rings is 1. The molecule has 23 heavy (non-hydrogen) atoms. The average molecular weight is 315 g/mol. The molecule has 6 heteroatoms. The van der Waals surface area contributed by atoms with Crippen LogP contribution in [0.1, 0.15) is 32.8 Å². The average Bonchev–Trinajstić information content (AvgIpc) is 2.97. The molecule has 0 spiro atoms. The number of amides is 2. The molecule has 6 nitrogen and oxygen atoms in total. The van der Waals surface area contributed by atoms with Crippen molar-refractivity contribution >= 4 is 17.5 Å². The smallest absolute Gasteiger partial charge is 0.254 e. The largest absolute Gasteiger partial charge is 0.467 e. The van der Waals surface area contributed by atoms with Gasteiger partial charge in [0.25, 0.3) is 5.91 Å². The fraction of sp³-hybridized carbons (Fsp3) is 0.294. The summed E-state index contributed by atoms with van der Waals surface area (Å²) < 4.78 is 5.09. The summed E-state index contributed by atoms with van der Waals surface area (Å²) in [5.74, 6) is -0.137. The molecule has 2 aromatic rings. The second-order valence-corrected chi connectivity index (χ2v) is 5.51. The Morgan fingerprint density at radius 1 is 1.13 bits per heavy atom. The summed E-state index contributed by atoms with van der Waals surface area (Å²) in [6.45, 7) is 5.99. The SMILES string of the molecule is Cc1cc(C)c(NC(=O)CNC(=O)c2coc(CN)c2)c(C)c1. The van der Waals surface area contributed by atoms with Crippen molar-refractivity contribution in [2.75, 3.05) is 11.9 Å². The number of anilines is 1. The van der Waals surface area contributed by atoms with Crippen LogP contribution in [0.3, 0.4) is 0 Å². The summed E-state index contributed by atoms with van der Waals surface area (Å²) >= 11 is 0. The van der Waals surface area contributed by atoms with E-state index < -0.39 is 0 Å². The zero-order valence-corrected chi connectivity index (χ0v) is 13.5. The van der Waals surface area contributed by atoms with E-state index >= 15 is 0 Å². The second-order valence-electron chi connectivity index (χ2n) is 5.51. The number of carbonyl (C=O) groups excluding carboxylic acids is 2. The van der Waals surface area contributed by atoms with E-state index in [0.29, 0.717) is 11.3 Å². The predicted octanol–water partition coefficient (Wildman–Crippen LogP) is 2.03. The highest BCUT2D eigenvalue weighted by Gasteiger charge is 2.12. The second kappa shape index (κ2) is 7.11. The van der Waals surface area contributed by atoms with Crippen molar-refractivity contribution in [2.45, 2.75) is 27.3 Å². The number of nitrogens with one attached hydrogen (secondary N) is 2. The summed E-state index contributed by atoms with van der Waals surface area (Å²) in [5.41, 5.74) is 9.67. The summed E-state index contributed by atoms with van der Waals surface area (Å²) in [6, 6.07) is 5.56. The van der Waals surface area contributed by atoms with Crippen LogP contribution in [-0.4, -0.2) is 18.4 Å². The van der Waals surface area contributed by atoms with Crippen LogP contribution in [0.5, 0.6) is 0 Å². The Morgan fingerprint density at radius 3 is 2.35 bits per heavy atom. The van der Waals surface area contributed by atoms with Crippen LogP contribution < -0.4 is 16.4 Å². The molecule has 122 valence electrons. The van der Waals surface area contributed by atoms with E-state index in [9.17, 15) is 9.59 Å². The van der Waals surface area contributed by atoms with Crippen LogP contribution in [0.4, 0.5) is 5.69 Å². The third-order valence-electron chi connectivity index (χ3n) is 3.47. The first-order valence-electron chi connectivity index (χ1n) is 7.34. The van der Waals surface area contributed by atoms with Gasteiger partial charge in [0.05, 0.1) is 18.7 Å². The molecule has 0 saturated heterocycles. The molecule has 2 amide bonds. The summed E-state index contributed by atoms with van der Waals surface area (Å²) in [6.07, 6.45) is 1.32. The molecule has 2 rings (SSSR count). The van der Waals surface area contributed by atoms with Crippen LogP contribution in [0, 0.1) is 20.8 Å². The maximum atomic E-state index is 12.0. The van der Waals surface area contributed by atoms with Gasteiger partial charge in [-0.2, -0.15) is 0 Å². The monoisotopic (exact) mass is 315 g/mol. The van der Waals surface area contributed by atoms with Gasteiger partial charge in [0.15, 0.2) is 0 Å². The van der Waals surface area contributed by atoms with E-state index in [1.807, 2.05) is 32.9 Å². The molecule has 4 N–H and O–H groups in total. The van der Waals surface area contributed by atoms with Gasteiger partial charge in [-0.1, -0.05) is 17.7 Å². The van der Waals surface area contributed by atoms with E-state index in [-0.39, 0.29) is 24.9 Å². The first-order chi connectivity index (χ1) is 10.9. The number of rotatable bonds is 5. The van der Waals surface area contributed by atoms with Crippen molar-refractivity contribution in [1.82, 2.24) is 5.32 Å². The molecule has 0 fully saturated rings. The van der Waals surface area contributed by atoms with E-state index in [2.05, 4.69) is 10.6 Å². The minimum Gasteiger partial charge on any atom is -0.467 e. The number of furan rings is 1. The Kier molecular flexibility index (Phi) is 5.18. The maximum absolute atomic E-state index is 12.0. The van der Waals surface area contributed by atoms with Crippen molar-refractivity contribution in [1.29, 1.82) is 0 Å². The lowest BCUT2D eigenvalue weighted by Gasteiger charge is -2.13. The summed E-state index contributed by atoms with van der Waals surface area (Å²) in [7, 11) is 0. The maximum Gasteiger partial charge on any atom is 0.254 e. The molecule has 0 aliphatic carbocycles. The highest BCUT2D eigenvalue weighted by atomic mass is 16.3. The predicted molar refractivity (Wildman–Crippen MR) is 88.2 cm³/mol. The van der Waals surface area contributed by atoms with Gasteiger partial charge in [-0.15, -0.1) is 0 Å². The lowest BCUT2D eigenvalue weighted by Crippen LogP contribution is -2.33. The molecule has 1 aromatic heterocycles. The molecule has 0 unspecified atom stereocenters. The molecule has 0 aliphatic rings. The van der Waals surface area contributed by atoms with Gasteiger partial charge in [0.2, 0.25) is 5.91 Å². The van der Waals surface area contributed by atoms with Crippen molar-refractivity contribution in [3.05, 3.63) is 52.5 Å². The molecular formula is C17H21N3O3. The van der Waals surface area contributed by atoms with Crippen molar-refractivity contribution < 1.29 is 14.0 Å². The fourth-order valence-corrected chi connectivity index (χ4v) is 2.43. The number of hydrogen-bond acceptors (Lipinski definition) is 4. The molecule has 1 heterocycles. The topological polar surface area (TPSA) is 97.4 Å². The number of hydrogen-bond donors (Lipinski definition) is 3. The quantitative estimate of drug-likeness (QED) is 0.786. The Morgan fingerprint density at radius 2 is 1.78 bits per heavy atom. The van der Waals surface area contributed by atoms with Gasteiger partial charge in [0, 0.05) is 5.69 Å². The van der Waals surface area contributed by atoms with Gasteiger partial charge < -0.3 is 20.8 Å². The van der Waals surface area contributed by atoms with Crippen LogP contribution >= 0.6 is 0 Å². The first kappa shape index (κ1) is 16.8. The highest BCUT2D eigenvalue weighted by molar-refractivity contribution is 5.99. The molecule has 0 saturated carbocycles. The standard InChI is InChI=1S/C17H21N3O3/c1-10-4-11(2)16(12(3)5-10)20-15(21)8-19-17(22)13-6-14(7-18)23-9-13/h4-6,9H,7-8,18H2,1-3H3,(H,19,22)(H,20,21). The molecule has 0 aliphatic heterocycles. The van der Waals surface area contributed by atoms with Gasteiger partial charge >= 0.3 is 0 Å². The van der Waals surface area contributed by atoms with Gasteiger partial charge in [-0.3, -0.25) is 9.59 Å². The molecular weight excluding hydrogens is 294 g/mol. The Balaban J connectivity index is 1.94. The summed E-state index contributed by atoms with van der Waals surface area (Å²) in [5, 5.41) is 5.39. The third-order valence-corrected chi connectivity index (χ3v) is 3.47. The Labute approximate surface area is 135 Å². The molecule has 0 radical (unpaired) electrons. The molecule has 0 atom stereocenters. The van der Waals surface area contributed by atoms with Gasteiger partial charge in [-0.25, -0.2) is 0 Å². The molecule has 0 bridgehead atoms. The number of aryl methyl sites for hydroxylation is 3. The van der Waals surface area contributed by atoms with Crippen LogP contribution in [0.25, 0.3) is 0 Å². The van der Waals surface area contributed by atoms with Crippen molar-refractivity contribution in [3.8, 4) is 0 Å². The first-order valence-corrected chi connectivity index (χ1v) is 7.34. The Bertz CT molecular complexity index is 711. The van der Waals surface area contributed by atoms with E-state index in [1.165, 1.54) is 6.26 Å². The number of nitrogens with two attached hydrogens (primary N) is 1. The minimum atomic E-state index is -0.374. The van der Waals surface area contributed by atoms with E-state index in [0.717, 1.165) is 22.4 Å². The zero-order valence-electron chi connectivity index (χ0n) is 13.5. The minimum absolute atomic E-state index is 0.116. The molecule has 1 aromatic carbocycles. The highest BCUT2D eigenvalue weighted by Crippen LogP contribution is 2.21. The van der Waals surface area contributed by atoms with E-state index in [1.54, 1.807) is 6.07 Å². The van der Waals surface area contributed by atoms with Crippen LogP contribution in [0.15, 0.2) is 28.9 Å². The fourth-order valence-electron chi connectivity index (χ4n) is 2.43. The van der Waals surface area contributed by atoms with E-state index in [4.69, 9.17) is 10.2 Å². The normalized spacial score (nSPS) is 10.4. The van der Waals surface area contributed by atoms with Crippen molar-refractivity contribution in [3.63, 3.8) is 0 Å². The van der Waals surface area contributed by atoms with Gasteiger partial charge in [-0.05, 0) is 38.0 Å². The van der Waals surface area contributed by atoms with Crippen LogP contribution in [-0.2, 0) is 11.3 Å². The lowest BCUT2D eigenvalue weighted by molar-refractivity contribution is -0.115. The van der Waals surface area contributed by atoms with Gasteiger partial charge in [0.1, 0.15) is 12.0 Å². The van der Waals surface area contributed by atoms with Crippen molar-refractivity contribution in [2.24, 2.45) is 5.73 Å². The Hall–Kier alpha value is -2.60. The third kappa shape index (κ3) is 4.20. The number of carbonyl (C=O) groups is 2. The summed E-state index contributed by atoms with van der Waals surface area (Å²) in [4.78, 5) is 23.9. The van der Waals surface area contributed by atoms with Crippen LogP contribution in [0.2, 0.25) is 0 Å². The lowest BCUT2D eigenvalue weighted by atomic mass is 10.1. The zero-order chi connectivity index (χ0) is 17.0.